The zero-order valence-electron chi connectivity index (χ0n) is 10.9. The van der Waals surface area contributed by atoms with Crippen molar-refractivity contribution in [2.45, 2.75) is 12.5 Å². The number of halogens is 1. The van der Waals surface area contributed by atoms with Gasteiger partial charge in [-0.15, -0.1) is 0 Å². The number of rotatable bonds is 4. The molecular formula is C14H15FN2O2S. The number of nitrogens with one attached hydrogen (secondary N) is 2. The Labute approximate surface area is 120 Å². The number of hydrogen-bond acceptors (Lipinski definition) is 3. The first-order valence-electron chi connectivity index (χ1n) is 6.03. The second-order valence-electron chi connectivity index (χ2n) is 4.60. The van der Waals surface area contributed by atoms with Crippen LogP contribution < -0.4 is 10.6 Å². The van der Waals surface area contributed by atoms with Gasteiger partial charge in [-0.3, -0.25) is 0 Å². The van der Waals surface area contributed by atoms with Crippen LogP contribution in [-0.2, 0) is 5.60 Å². The van der Waals surface area contributed by atoms with Crippen molar-refractivity contribution < 1.29 is 14.3 Å². The fraction of sp³-hybridized carbons (Fsp3) is 0.214. The monoisotopic (exact) mass is 294 g/mol. The number of thiophene rings is 1. The highest BCUT2D eigenvalue weighted by molar-refractivity contribution is 7.08. The second-order valence-corrected chi connectivity index (χ2v) is 5.38. The average molecular weight is 294 g/mol. The molecule has 1 heterocycles. The number of anilines is 1. The van der Waals surface area contributed by atoms with E-state index < -0.39 is 17.4 Å². The van der Waals surface area contributed by atoms with Crippen LogP contribution in [0.15, 0.2) is 41.1 Å². The zero-order valence-corrected chi connectivity index (χ0v) is 11.7. The molecule has 0 aliphatic carbocycles. The third-order valence-electron chi connectivity index (χ3n) is 2.82. The van der Waals surface area contributed by atoms with E-state index >= 15 is 0 Å². The van der Waals surface area contributed by atoms with Crippen LogP contribution in [0.25, 0.3) is 0 Å². The molecule has 2 rings (SSSR count). The van der Waals surface area contributed by atoms with Crippen LogP contribution in [0.5, 0.6) is 0 Å². The van der Waals surface area contributed by atoms with E-state index in [0.29, 0.717) is 5.69 Å². The fourth-order valence-electron chi connectivity index (χ4n) is 1.67. The molecule has 0 radical (unpaired) electrons. The molecule has 1 atom stereocenters. The number of carbonyl (C=O) groups is 1. The van der Waals surface area contributed by atoms with Gasteiger partial charge >= 0.3 is 6.03 Å². The van der Waals surface area contributed by atoms with Gasteiger partial charge in [0.25, 0.3) is 0 Å². The Morgan fingerprint density at radius 1 is 1.45 bits per heavy atom. The van der Waals surface area contributed by atoms with Gasteiger partial charge in [0.1, 0.15) is 11.4 Å². The Morgan fingerprint density at radius 2 is 2.25 bits per heavy atom. The summed E-state index contributed by atoms with van der Waals surface area (Å²) >= 11 is 1.47. The van der Waals surface area contributed by atoms with Crippen molar-refractivity contribution >= 4 is 23.1 Å². The van der Waals surface area contributed by atoms with Crippen molar-refractivity contribution in [1.29, 1.82) is 0 Å². The second kappa shape index (κ2) is 6.02. The summed E-state index contributed by atoms with van der Waals surface area (Å²) in [4.78, 5) is 11.7. The average Bonchev–Trinajstić information content (AvgIpc) is 2.91. The number of urea groups is 1. The standard InChI is InChI=1S/C14H15FN2O2S/c1-14(19,10-5-6-20-8-10)9-16-13(18)17-12-4-2-3-11(15)7-12/h2-8,19H,9H2,1H3,(H2,16,17,18). The Kier molecular flexibility index (Phi) is 4.36. The van der Waals surface area contributed by atoms with Gasteiger partial charge in [-0.1, -0.05) is 6.07 Å². The van der Waals surface area contributed by atoms with Gasteiger partial charge in [0.05, 0.1) is 6.54 Å². The summed E-state index contributed by atoms with van der Waals surface area (Å²) in [5.41, 5.74) is -0.0366. The summed E-state index contributed by atoms with van der Waals surface area (Å²) in [6.07, 6.45) is 0. The van der Waals surface area contributed by atoms with Crippen molar-refractivity contribution in [3.05, 3.63) is 52.5 Å². The van der Waals surface area contributed by atoms with Crippen LogP contribution >= 0.6 is 11.3 Å². The van der Waals surface area contributed by atoms with E-state index in [-0.39, 0.29) is 6.54 Å². The molecule has 0 aliphatic heterocycles. The molecule has 2 amide bonds. The van der Waals surface area contributed by atoms with E-state index in [1.54, 1.807) is 19.1 Å². The smallest absolute Gasteiger partial charge is 0.319 e. The molecule has 106 valence electrons. The molecule has 6 heteroatoms. The minimum absolute atomic E-state index is 0.0604. The lowest BCUT2D eigenvalue weighted by molar-refractivity contribution is 0.0604. The van der Waals surface area contributed by atoms with Crippen molar-refractivity contribution in [2.24, 2.45) is 0 Å². The Morgan fingerprint density at radius 3 is 2.90 bits per heavy atom. The third-order valence-corrected chi connectivity index (χ3v) is 3.50. The maximum absolute atomic E-state index is 13.0. The lowest BCUT2D eigenvalue weighted by Crippen LogP contribution is -2.40. The molecule has 0 bridgehead atoms. The van der Waals surface area contributed by atoms with E-state index in [1.165, 1.54) is 29.5 Å². The predicted molar refractivity (Wildman–Crippen MR) is 77.3 cm³/mol. The van der Waals surface area contributed by atoms with Gasteiger partial charge in [-0.05, 0) is 47.5 Å². The van der Waals surface area contributed by atoms with E-state index in [1.807, 2.05) is 10.8 Å². The molecule has 0 saturated heterocycles. The van der Waals surface area contributed by atoms with E-state index in [4.69, 9.17) is 0 Å². The summed E-state index contributed by atoms with van der Waals surface area (Å²) in [6, 6.07) is 6.91. The van der Waals surface area contributed by atoms with E-state index in [9.17, 15) is 14.3 Å². The fourth-order valence-corrected chi connectivity index (χ4v) is 2.45. The van der Waals surface area contributed by atoms with Crippen LogP contribution in [0, 0.1) is 5.82 Å². The molecule has 1 unspecified atom stereocenters. The van der Waals surface area contributed by atoms with Gasteiger partial charge in [0, 0.05) is 5.69 Å². The maximum atomic E-state index is 13.0. The summed E-state index contributed by atoms with van der Waals surface area (Å²) in [6.45, 7) is 1.68. The largest absolute Gasteiger partial charge is 0.384 e. The van der Waals surface area contributed by atoms with Crippen molar-refractivity contribution in [2.75, 3.05) is 11.9 Å². The highest BCUT2D eigenvalue weighted by atomic mass is 32.1. The number of aliphatic hydroxyl groups is 1. The predicted octanol–water partition coefficient (Wildman–Crippen LogP) is 2.92. The molecule has 4 nitrogen and oxygen atoms in total. The van der Waals surface area contributed by atoms with Crippen molar-refractivity contribution in [3.63, 3.8) is 0 Å². The molecule has 0 spiro atoms. The lowest BCUT2D eigenvalue weighted by Gasteiger charge is -2.22. The molecule has 3 N–H and O–H groups in total. The van der Waals surface area contributed by atoms with Crippen molar-refractivity contribution in [1.82, 2.24) is 5.32 Å². The van der Waals surface area contributed by atoms with Gasteiger partial charge in [0.2, 0.25) is 0 Å². The van der Waals surface area contributed by atoms with Crippen LogP contribution in [0.4, 0.5) is 14.9 Å². The van der Waals surface area contributed by atoms with E-state index in [2.05, 4.69) is 10.6 Å². The number of carbonyl (C=O) groups excluding carboxylic acids is 1. The highest BCUT2D eigenvalue weighted by Gasteiger charge is 2.24. The Hall–Kier alpha value is -1.92. The first kappa shape index (κ1) is 14.5. The highest BCUT2D eigenvalue weighted by Crippen LogP contribution is 2.22. The van der Waals surface area contributed by atoms with Crippen LogP contribution in [0.1, 0.15) is 12.5 Å². The van der Waals surface area contributed by atoms with Crippen LogP contribution in [-0.4, -0.2) is 17.7 Å². The van der Waals surface area contributed by atoms with Crippen LogP contribution in [0.2, 0.25) is 0 Å². The van der Waals surface area contributed by atoms with Gasteiger partial charge < -0.3 is 15.7 Å². The topological polar surface area (TPSA) is 61.4 Å². The minimum atomic E-state index is -1.14. The lowest BCUT2D eigenvalue weighted by atomic mass is 9.99. The quantitative estimate of drug-likeness (QED) is 0.812. The van der Waals surface area contributed by atoms with Gasteiger partial charge in [-0.2, -0.15) is 11.3 Å². The van der Waals surface area contributed by atoms with Crippen LogP contribution in [0.3, 0.4) is 0 Å². The third kappa shape index (κ3) is 3.79. The Balaban J connectivity index is 1.89. The number of hydrogen-bond donors (Lipinski definition) is 3. The summed E-state index contributed by atoms with van der Waals surface area (Å²) < 4.78 is 13.0. The normalized spacial score (nSPS) is 13.6. The summed E-state index contributed by atoms with van der Waals surface area (Å²) in [7, 11) is 0. The molecule has 2 aromatic rings. The van der Waals surface area contributed by atoms with Gasteiger partial charge in [0.15, 0.2) is 0 Å². The molecule has 1 aromatic carbocycles. The first-order chi connectivity index (χ1) is 9.47. The molecule has 1 aromatic heterocycles. The first-order valence-corrected chi connectivity index (χ1v) is 6.97. The SMILES string of the molecule is CC(O)(CNC(=O)Nc1cccc(F)c1)c1ccsc1. The number of amides is 2. The molecule has 0 fully saturated rings. The zero-order chi connectivity index (χ0) is 14.6. The molecule has 0 aliphatic rings. The molecule has 20 heavy (non-hydrogen) atoms. The van der Waals surface area contributed by atoms with E-state index in [0.717, 1.165) is 5.56 Å². The Bertz CT molecular complexity index is 585. The number of benzene rings is 1. The summed E-state index contributed by atoms with van der Waals surface area (Å²) in [5, 5.41) is 19.0. The molecular weight excluding hydrogens is 279 g/mol. The maximum Gasteiger partial charge on any atom is 0.319 e. The summed E-state index contributed by atoms with van der Waals surface area (Å²) in [5.74, 6) is -0.423. The van der Waals surface area contributed by atoms with Crippen molar-refractivity contribution in [3.8, 4) is 0 Å². The minimum Gasteiger partial charge on any atom is -0.384 e. The van der Waals surface area contributed by atoms with Gasteiger partial charge in [-0.25, -0.2) is 9.18 Å². The molecule has 0 saturated carbocycles.